The predicted molar refractivity (Wildman–Crippen MR) is 40.9 cm³/mol. The van der Waals surface area contributed by atoms with E-state index in [4.69, 9.17) is 4.74 Å². The average molecular weight is 140 g/mol. The summed E-state index contributed by atoms with van der Waals surface area (Å²) in [6.07, 6.45) is 9.02. The molecule has 1 saturated heterocycles. The molecule has 2 aliphatic rings. The zero-order valence-electron chi connectivity index (χ0n) is 6.51. The van der Waals surface area contributed by atoms with Crippen LogP contribution < -0.4 is 0 Å². The van der Waals surface area contributed by atoms with Crippen molar-refractivity contribution in [1.29, 1.82) is 0 Å². The van der Waals surface area contributed by atoms with Crippen molar-refractivity contribution >= 4 is 0 Å². The minimum Gasteiger partial charge on any atom is -0.378 e. The van der Waals surface area contributed by atoms with Gasteiger partial charge in [-0.3, -0.25) is 0 Å². The van der Waals surface area contributed by atoms with Gasteiger partial charge in [0.2, 0.25) is 0 Å². The highest BCUT2D eigenvalue weighted by Crippen LogP contribution is 2.32. The van der Waals surface area contributed by atoms with Gasteiger partial charge in [-0.2, -0.15) is 0 Å². The molecule has 0 bridgehead atoms. The van der Waals surface area contributed by atoms with Crippen LogP contribution in [0.3, 0.4) is 0 Å². The molecule has 2 fully saturated rings. The fraction of sp³-hybridized carbons (Fsp3) is 1.00. The molecule has 1 aliphatic heterocycles. The minimum absolute atomic E-state index is 0.655. The van der Waals surface area contributed by atoms with E-state index in [-0.39, 0.29) is 0 Å². The van der Waals surface area contributed by atoms with Crippen LogP contribution in [0.2, 0.25) is 0 Å². The van der Waals surface area contributed by atoms with Gasteiger partial charge in [-0.1, -0.05) is 12.8 Å². The second-order valence-corrected chi connectivity index (χ2v) is 3.60. The molecule has 0 unspecified atom stereocenters. The summed E-state index contributed by atoms with van der Waals surface area (Å²) in [5.41, 5.74) is 0. The maximum atomic E-state index is 5.68. The van der Waals surface area contributed by atoms with Crippen LogP contribution >= 0.6 is 0 Å². The first-order valence-corrected chi connectivity index (χ1v) is 4.58. The third-order valence-electron chi connectivity index (χ3n) is 2.89. The monoisotopic (exact) mass is 140 g/mol. The van der Waals surface area contributed by atoms with E-state index in [0.717, 1.165) is 12.5 Å². The van der Waals surface area contributed by atoms with Crippen LogP contribution in [0.5, 0.6) is 0 Å². The lowest BCUT2D eigenvalue weighted by molar-refractivity contribution is -0.0467. The predicted octanol–water partition coefficient (Wildman–Crippen LogP) is 2.36. The number of fused-ring (bicyclic) bond motifs is 1. The molecule has 0 aromatic carbocycles. The van der Waals surface area contributed by atoms with Gasteiger partial charge in [0.15, 0.2) is 0 Å². The smallest absolute Gasteiger partial charge is 0.0603 e. The van der Waals surface area contributed by atoms with E-state index >= 15 is 0 Å². The Kier molecular flexibility index (Phi) is 1.94. The molecule has 1 heteroatoms. The zero-order valence-corrected chi connectivity index (χ0v) is 6.51. The standard InChI is InChI=1S/C9H16O/c1-2-6-9-8(4-1)5-3-7-10-9/h8-9H,1-7H2/t8-,9+/m1/s1. The van der Waals surface area contributed by atoms with Crippen molar-refractivity contribution in [1.82, 2.24) is 0 Å². The van der Waals surface area contributed by atoms with E-state index in [9.17, 15) is 0 Å². The second-order valence-electron chi connectivity index (χ2n) is 3.60. The Bertz CT molecular complexity index is 85.3. The highest BCUT2D eigenvalue weighted by molar-refractivity contribution is 4.78. The van der Waals surface area contributed by atoms with Crippen LogP contribution in [-0.4, -0.2) is 12.7 Å². The van der Waals surface area contributed by atoms with Crippen molar-refractivity contribution < 1.29 is 4.74 Å². The van der Waals surface area contributed by atoms with Crippen molar-refractivity contribution in [2.45, 2.75) is 44.6 Å². The molecule has 1 saturated carbocycles. The topological polar surface area (TPSA) is 9.23 Å². The highest BCUT2D eigenvalue weighted by Gasteiger charge is 2.27. The molecule has 1 aliphatic carbocycles. The third-order valence-corrected chi connectivity index (χ3v) is 2.89. The molecule has 0 aromatic heterocycles. The van der Waals surface area contributed by atoms with Gasteiger partial charge in [0.25, 0.3) is 0 Å². The van der Waals surface area contributed by atoms with Crippen LogP contribution in [-0.2, 0) is 4.74 Å². The maximum absolute atomic E-state index is 5.68. The maximum Gasteiger partial charge on any atom is 0.0603 e. The van der Waals surface area contributed by atoms with Crippen LogP contribution in [0.4, 0.5) is 0 Å². The van der Waals surface area contributed by atoms with E-state index in [2.05, 4.69) is 0 Å². The lowest BCUT2D eigenvalue weighted by atomic mass is 9.82. The first-order valence-electron chi connectivity index (χ1n) is 4.58. The summed E-state index contributed by atoms with van der Waals surface area (Å²) in [6.45, 7) is 1.03. The summed E-state index contributed by atoms with van der Waals surface area (Å²) in [7, 11) is 0. The highest BCUT2D eigenvalue weighted by atomic mass is 16.5. The van der Waals surface area contributed by atoms with Gasteiger partial charge in [-0.25, -0.2) is 0 Å². The summed E-state index contributed by atoms with van der Waals surface area (Å²) in [4.78, 5) is 0. The van der Waals surface area contributed by atoms with E-state index < -0.39 is 0 Å². The van der Waals surface area contributed by atoms with E-state index in [0.29, 0.717) is 6.10 Å². The quantitative estimate of drug-likeness (QED) is 0.502. The van der Waals surface area contributed by atoms with Crippen LogP contribution in [0.1, 0.15) is 38.5 Å². The Labute approximate surface area is 62.8 Å². The molecule has 0 amide bonds. The Morgan fingerprint density at radius 3 is 2.60 bits per heavy atom. The van der Waals surface area contributed by atoms with Gasteiger partial charge < -0.3 is 4.74 Å². The van der Waals surface area contributed by atoms with Gasteiger partial charge in [-0.15, -0.1) is 0 Å². The molecule has 1 heterocycles. The van der Waals surface area contributed by atoms with Gasteiger partial charge in [0, 0.05) is 6.61 Å². The molecule has 2 rings (SSSR count). The Hall–Kier alpha value is -0.0400. The van der Waals surface area contributed by atoms with Gasteiger partial charge in [0.05, 0.1) is 6.10 Å². The van der Waals surface area contributed by atoms with E-state index in [1.807, 2.05) is 0 Å². The third kappa shape index (κ3) is 1.20. The molecule has 58 valence electrons. The Morgan fingerprint density at radius 2 is 1.70 bits per heavy atom. The normalized spacial score (nSPS) is 40.8. The fourth-order valence-electron chi connectivity index (χ4n) is 2.30. The molecular weight excluding hydrogens is 124 g/mol. The van der Waals surface area contributed by atoms with Crippen molar-refractivity contribution in [3.63, 3.8) is 0 Å². The summed E-state index contributed by atoms with van der Waals surface area (Å²) in [6, 6.07) is 0. The first kappa shape index (κ1) is 6.66. The number of hydrogen-bond donors (Lipinski definition) is 0. The van der Waals surface area contributed by atoms with Crippen LogP contribution in [0.25, 0.3) is 0 Å². The van der Waals surface area contributed by atoms with Gasteiger partial charge in [-0.05, 0) is 31.6 Å². The van der Waals surface area contributed by atoms with E-state index in [1.165, 1.54) is 38.5 Å². The van der Waals surface area contributed by atoms with Crippen molar-refractivity contribution in [2.75, 3.05) is 6.61 Å². The average Bonchev–Trinajstić information content (AvgIpc) is 2.05. The first-order chi connectivity index (χ1) is 4.97. The molecule has 1 nitrogen and oxygen atoms in total. The molecular formula is C9H16O. The molecule has 10 heavy (non-hydrogen) atoms. The van der Waals surface area contributed by atoms with Gasteiger partial charge >= 0.3 is 0 Å². The number of hydrogen-bond acceptors (Lipinski definition) is 1. The summed E-state index contributed by atoms with van der Waals surface area (Å²) in [5.74, 6) is 0.933. The van der Waals surface area contributed by atoms with Crippen molar-refractivity contribution in [3.8, 4) is 0 Å². The minimum atomic E-state index is 0.655. The molecule has 0 radical (unpaired) electrons. The van der Waals surface area contributed by atoms with Crippen molar-refractivity contribution in [2.24, 2.45) is 5.92 Å². The second kappa shape index (κ2) is 2.91. The Morgan fingerprint density at radius 1 is 0.900 bits per heavy atom. The lowest BCUT2D eigenvalue weighted by Crippen LogP contribution is -2.31. The zero-order chi connectivity index (χ0) is 6.81. The number of ether oxygens (including phenoxy) is 1. The SMILES string of the molecule is C1CC[C@@H]2OCCC[C@H]2C1. The Balaban J connectivity index is 1.93. The van der Waals surface area contributed by atoms with Crippen LogP contribution in [0.15, 0.2) is 0 Å². The van der Waals surface area contributed by atoms with Crippen molar-refractivity contribution in [3.05, 3.63) is 0 Å². The summed E-state index contributed by atoms with van der Waals surface area (Å²) >= 11 is 0. The summed E-state index contributed by atoms with van der Waals surface area (Å²) in [5, 5.41) is 0. The lowest BCUT2D eigenvalue weighted by Gasteiger charge is -2.35. The molecule has 2 atom stereocenters. The molecule has 0 aromatic rings. The largest absolute Gasteiger partial charge is 0.378 e. The fourth-order valence-corrected chi connectivity index (χ4v) is 2.30. The van der Waals surface area contributed by atoms with Crippen LogP contribution in [0, 0.1) is 5.92 Å². The summed E-state index contributed by atoms with van der Waals surface area (Å²) < 4.78 is 5.68. The molecule has 0 N–H and O–H groups in total. The van der Waals surface area contributed by atoms with E-state index in [1.54, 1.807) is 0 Å². The van der Waals surface area contributed by atoms with Gasteiger partial charge in [0.1, 0.15) is 0 Å². The molecule has 0 spiro atoms. The number of rotatable bonds is 0.